The van der Waals surface area contributed by atoms with Crippen molar-refractivity contribution in [1.29, 1.82) is 5.26 Å². The molecule has 0 aliphatic heterocycles. The van der Waals surface area contributed by atoms with E-state index in [1.807, 2.05) is 38.1 Å². The SMILES string of the molecule is COc1ccc(-c2nc(SCC(=O)Nc3c(C)cccc3C)[nH]c(=O)c2C#N)cc1. The molecule has 7 nitrogen and oxygen atoms in total. The number of amides is 1. The van der Waals surface area contributed by atoms with Crippen LogP contribution < -0.4 is 15.6 Å². The van der Waals surface area contributed by atoms with Gasteiger partial charge in [-0.2, -0.15) is 5.26 Å². The fourth-order valence-corrected chi connectivity index (χ4v) is 3.56. The zero-order valence-corrected chi connectivity index (χ0v) is 17.6. The first-order valence-corrected chi connectivity index (χ1v) is 10.1. The second kappa shape index (κ2) is 9.29. The highest BCUT2D eigenvalue weighted by atomic mass is 32.2. The summed E-state index contributed by atoms with van der Waals surface area (Å²) in [6.07, 6.45) is 0. The van der Waals surface area contributed by atoms with Gasteiger partial charge in [-0.15, -0.1) is 0 Å². The summed E-state index contributed by atoms with van der Waals surface area (Å²) in [5.41, 5.74) is 2.98. The van der Waals surface area contributed by atoms with Crippen molar-refractivity contribution >= 4 is 23.4 Å². The van der Waals surface area contributed by atoms with E-state index in [4.69, 9.17) is 4.74 Å². The number of nitrogens with one attached hydrogen (secondary N) is 2. The lowest BCUT2D eigenvalue weighted by Gasteiger charge is -2.11. The van der Waals surface area contributed by atoms with Gasteiger partial charge < -0.3 is 15.0 Å². The lowest BCUT2D eigenvalue weighted by atomic mass is 10.1. The van der Waals surface area contributed by atoms with Crippen LogP contribution in [0.2, 0.25) is 0 Å². The molecule has 1 amide bonds. The van der Waals surface area contributed by atoms with E-state index in [9.17, 15) is 14.9 Å². The minimum absolute atomic E-state index is 0.0602. The number of para-hydroxylation sites is 1. The minimum atomic E-state index is -0.545. The summed E-state index contributed by atoms with van der Waals surface area (Å²) < 4.78 is 5.14. The number of rotatable bonds is 6. The van der Waals surface area contributed by atoms with E-state index in [0.717, 1.165) is 28.6 Å². The standard InChI is InChI=1S/C22H20N4O3S/c1-13-5-4-6-14(2)19(13)24-18(27)12-30-22-25-20(17(11-23)21(28)26-22)15-7-9-16(29-3)10-8-15/h4-10H,12H2,1-3H3,(H,24,27)(H,25,26,28). The number of methoxy groups -OCH3 is 1. The van der Waals surface area contributed by atoms with E-state index in [1.165, 1.54) is 0 Å². The lowest BCUT2D eigenvalue weighted by molar-refractivity contribution is -0.113. The van der Waals surface area contributed by atoms with Crippen LogP contribution in [0, 0.1) is 25.2 Å². The summed E-state index contributed by atoms with van der Waals surface area (Å²) >= 11 is 1.10. The fraction of sp³-hybridized carbons (Fsp3) is 0.182. The first kappa shape index (κ1) is 21.1. The average Bonchev–Trinajstić information content (AvgIpc) is 2.74. The van der Waals surface area contributed by atoms with Gasteiger partial charge in [-0.3, -0.25) is 9.59 Å². The second-order valence-corrected chi connectivity index (χ2v) is 7.50. The Morgan fingerprint density at radius 3 is 2.47 bits per heavy atom. The Hall–Kier alpha value is -3.57. The number of ether oxygens (including phenoxy) is 1. The number of aromatic nitrogens is 2. The van der Waals surface area contributed by atoms with Gasteiger partial charge >= 0.3 is 0 Å². The maximum absolute atomic E-state index is 12.4. The lowest BCUT2D eigenvalue weighted by Crippen LogP contribution is -2.18. The largest absolute Gasteiger partial charge is 0.497 e. The van der Waals surface area contributed by atoms with Gasteiger partial charge in [0, 0.05) is 11.3 Å². The van der Waals surface area contributed by atoms with Gasteiger partial charge in [0.25, 0.3) is 5.56 Å². The Morgan fingerprint density at radius 2 is 1.87 bits per heavy atom. The van der Waals surface area contributed by atoms with Crippen LogP contribution in [0.3, 0.4) is 0 Å². The Morgan fingerprint density at radius 1 is 1.20 bits per heavy atom. The summed E-state index contributed by atoms with van der Waals surface area (Å²) in [6, 6.07) is 14.6. The molecule has 0 spiro atoms. The van der Waals surface area contributed by atoms with Gasteiger partial charge in [0.15, 0.2) is 5.16 Å². The van der Waals surface area contributed by atoms with E-state index in [1.54, 1.807) is 31.4 Å². The number of carbonyl (C=O) groups excluding carboxylic acids is 1. The minimum Gasteiger partial charge on any atom is -0.497 e. The van der Waals surface area contributed by atoms with Crippen LogP contribution in [-0.2, 0) is 4.79 Å². The van der Waals surface area contributed by atoms with Gasteiger partial charge in [0.05, 0.1) is 18.6 Å². The highest BCUT2D eigenvalue weighted by Crippen LogP contribution is 2.25. The molecule has 1 aromatic heterocycles. The predicted octanol–water partition coefficient (Wildman–Crippen LogP) is 3.66. The highest BCUT2D eigenvalue weighted by molar-refractivity contribution is 7.99. The van der Waals surface area contributed by atoms with E-state index in [2.05, 4.69) is 15.3 Å². The maximum atomic E-state index is 12.4. The molecule has 0 aliphatic rings. The quantitative estimate of drug-likeness (QED) is 0.465. The Labute approximate surface area is 178 Å². The summed E-state index contributed by atoms with van der Waals surface area (Å²) in [5, 5.41) is 12.5. The number of aromatic amines is 1. The van der Waals surface area contributed by atoms with Crippen molar-refractivity contribution in [3.8, 4) is 23.1 Å². The van der Waals surface area contributed by atoms with Crippen molar-refractivity contribution in [3.05, 3.63) is 69.5 Å². The summed E-state index contributed by atoms with van der Waals surface area (Å²) in [7, 11) is 1.55. The van der Waals surface area contributed by atoms with E-state index in [0.29, 0.717) is 11.3 Å². The Kier molecular flexibility index (Phi) is 6.54. The van der Waals surface area contributed by atoms with Crippen molar-refractivity contribution < 1.29 is 9.53 Å². The summed E-state index contributed by atoms with van der Waals surface area (Å²) in [5.74, 6) is 0.500. The van der Waals surface area contributed by atoms with Crippen LogP contribution in [0.4, 0.5) is 5.69 Å². The van der Waals surface area contributed by atoms with Gasteiger partial charge in [0.1, 0.15) is 17.4 Å². The molecule has 3 rings (SSSR count). The number of nitriles is 1. The molecular formula is C22H20N4O3S. The zero-order valence-electron chi connectivity index (χ0n) is 16.8. The summed E-state index contributed by atoms with van der Waals surface area (Å²) in [6.45, 7) is 3.85. The molecule has 152 valence electrons. The third-order valence-electron chi connectivity index (χ3n) is 4.46. The molecule has 30 heavy (non-hydrogen) atoms. The van der Waals surface area contributed by atoms with Crippen LogP contribution in [0.5, 0.6) is 5.75 Å². The molecule has 0 fully saturated rings. The molecule has 2 N–H and O–H groups in total. The van der Waals surface area contributed by atoms with Gasteiger partial charge in [-0.1, -0.05) is 30.0 Å². The molecule has 0 unspecified atom stereocenters. The number of carbonyl (C=O) groups is 1. The van der Waals surface area contributed by atoms with Crippen molar-refractivity contribution in [1.82, 2.24) is 9.97 Å². The molecular weight excluding hydrogens is 400 g/mol. The average molecular weight is 420 g/mol. The van der Waals surface area contributed by atoms with E-state index in [-0.39, 0.29) is 28.1 Å². The molecule has 0 saturated carbocycles. The van der Waals surface area contributed by atoms with Crippen LogP contribution in [-0.4, -0.2) is 28.7 Å². The number of benzene rings is 2. The third-order valence-corrected chi connectivity index (χ3v) is 5.33. The smallest absolute Gasteiger partial charge is 0.270 e. The molecule has 0 atom stereocenters. The van der Waals surface area contributed by atoms with Gasteiger partial charge in [0.2, 0.25) is 5.91 Å². The molecule has 0 aliphatic carbocycles. The number of anilines is 1. The molecule has 2 aromatic carbocycles. The number of nitrogens with zero attached hydrogens (tertiary/aromatic N) is 2. The van der Waals surface area contributed by atoms with Crippen molar-refractivity contribution in [3.63, 3.8) is 0 Å². The first-order chi connectivity index (χ1) is 14.4. The predicted molar refractivity (Wildman–Crippen MR) is 117 cm³/mol. The van der Waals surface area contributed by atoms with Crippen LogP contribution >= 0.6 is 11.8 Å². The van der Waals surface area contributed by atoms with Crippen molar-refractivity contribution in [2.75, 3.05) is 18.2 Å². The first-order valence-electron chi connectivity index (χ1n) is 9.10. The Bertz CT molecular complexity index is 1160. The number of hydrogen-bond donors (Lipinski definition) is 2. The molecule has 1 heterocycles. The normalized spacial score (nSPS) is 10.3. The third kappa shape index (κ3) is 4.70. The maximum Gasteiger partial charge on any atom is 0.270 e. The van der Waals surface area contributed by atoms with E-state index >= 15 is 0 Å². The van der Waals surface area contributed by atoms with E-state index < -0.39 is 5.56 Å². The molecule has 0 radical (unpaired) electrons. The topological polar surface area (TPSA) is 108 Å². The zero-order chi connectivity index (χ0) is 21.7. The molecule has 0 bridgehead atoms. The number of H-pyrrole nitrogens is 1. The highest BCUT2D eigenvalue weighted by Gasteiger charge is 2.15. The molecule has 3 aromatic rings. The number of hydrogen-bond acceptors (Lipinski definition) is 6. The number of thioether (sulfide) groups is 1. The van der Waals surface area contributed by atoms with Crippen LogP contribution in [0.25, 0.3) is 11.3 Å². The van der Waals surface area contributed by atoms with Crippen LogP contribution in [0.15, 0.2) is 52.4 Å². The van der Waals surface area contributed by atoms with Gasteiger partial charge in [-0.25, -0.2) is 4.98 Å². The monoisotopic (exact) mass is 420 g/mol. The van der Waals surface area contributed by atoms with Crippen molar-refractivity contribution in [2.45, 2.75) is 19.0 Å². The number of aryl methyl sites for hydroxylation is 2. The molecule has 8 heteroatoms. The van der Waals surface area contributed by atoms with Crippen molar-refractivity contribution in [2.24, 2.45) is 0 Å². The Balaban J connectivity index is 1.81. The van der Waals surface area contributed by atoms with Gasteiger partial charge in [-0.05, 0) is 49.2 Å². The van der Waals surface area contributed by atoms with Crippen LogP contribution in [0.1, 0.15) is 16.7 Å². The summed E-state index contributed by atoms with van der Waals surface area (Å²) in [4.78, 5) is 31.7. The second-order valence-electron chi connectivity index (χ2n) is 6.54. The molecule has 0 saturated heterocycles. The fourth-order valence-electron chi connectivity index (χ4n) is 2.90.